The van der Waals surface area contributed by atoms with Gasteiger partial charge in [-0.25, -0.2) is 0 Å². The molecule has 0 aromatic carbocycles. The highest BCUT2D eigenvalue weighted by Crippen LogP contribution is 2.28. The first kappa shape index (κ1) is 22.2. The van der Waals surface area contributed by atoms with Crippen molar-refractivity contribution < 1.29 is 9.38 Å². The summed E-state index contributed by atoms with van der Waals surface area (Å²) in [5.41, 5.74) is 0. The molecule has 2 aliphatic rings. The van der Waals surface area contributed by atoms with Gasteiger partial charge in [0.15, 0.2) is 0 Å². The largest absolute Gasteiger partial charge is 0.337 e. The van der Waals surface area contributed by atoms with Gasteiger partial charge in [-0.2, -0.15) is 0 Å². The number of unbranched alkanes of at least 4 members (excludes halogenated alkanes) is 6. The van der Waals surface area contributed by atoms with E-state index in [2.05, 4.69) is 21.0 Å². The van der Waals surface area contributed by atoms with Crippen LogP contribution in [0.4, 0.5) is 0 Å². The van der Waals surface area contributed by atoms with Crippen molar-refractivity contribution in [2.75, 3.05) is 46.8 Å². The van der Waals surface area contributed by atoms with Gasteiger partial charge in [-0.15, -0.1) is 0 Å². The molecule has 0 aromatic heterocycles. The van der Waals surface area contributed by atoms with Crippen LogP contribution in [0.5, 0.6) is 0 Å². The highest BCUT2D eigenvalue weighted by molar-refractivity contribution is 4.68. The number of hydrogen-bond acceptors (Lipinski definition) is 0. The Balaban J connectivity index is 1.48. The van der Waals surface area contributed by atoms with Gasteiger partial charge in [-0.3, -0.25) is 0 Å². The Morgan fingerprint density at radius 3 is 1.88 bits per heavy atom. The molecule has 2 rings (SSSR count). The Kier molecular flexibility index (Phi) is 10.6. The average Bonchev–Trinajstić information content (AvgIpc) is 2.64. The summed E-state index contributed by atoms with van der Waals surface area (Å²) >= 11 is 0. The Labute approximate surface area is 165 Å². The molecule has 0 saturated carbocycles. The second-order valence-electron chi connectivity index (χ2n) is 10.2. The van der Waals surface area contributed by atoms with Gasteiger partial charge in [0, 0.05) is 0 Å². The second-order valence-corrected chi connectivity index (χ2v) is 10.2. The molecule has 2 heterocycles. The molecule has 154 valence electrons. The second kappa shape index (κ2) is 12.4. The van der Waals surface area contributed by atoms with Crippen LogP contribution in [0.2, 0.25) is 0 Å². The minimum Gasteiger partial charge on any atom is -0.337 e. The average molecular weight is 367 g/mol. The number of rotatable bonds is 12. The molecule has 0 aliphatic carbocycles. The number of likely N-dealkylation sites (tertiary alicyclic amines) is 2. The quantitative estimate of drug-likeness (QED) is 0.377. The van der Waals surface area contributed by atoms with Crippen LogP contribution in [0.1, 0.15) is 96.8 Å². The van der Waals surface area contributed by atoms with Crippen molar-refractivity contribution in [1.82, 2.24) is 0 Å². The van der Waals surface area contributed by atoms with Crippen molar-refractivity contribution in [2.45, 2.75) is 96.8 Å². The summed E-state index contributed by atoms with van der Waals surface area (Å²) in [7, 11) is 4.90. The topological polar surface area (TPSA) is 4.44 Å². The van der Waals surface area contributed by atoms with Gasteiger partial charge in [0.25, 0.3) is 0 Å². The van der Waals surface area contributed by atoms with E-state index in [1.54, 1.807) is 4.90 Å². The van der Waals surface area contributed by atoms with Crippen LogP contribution in [0.3, 0.4) is 0 Å². The summed E-state index contributed by atoms with van der Waals surface area (Å²) < 4.78 is 1.38. The Bertz CT molecular complexity index is 338. The molecular weight excluding hydrogens is 316 g/mol. The van der Waals surface area contributed by atoms with E-state index in [1.165, 1.54) is 127 Å². The molecule has 1 N–H and O–H groups in total. The first-order valence-corrected chi connectivity index (χ1v) is 12.3. The van der Waals surface area contributed by atoms with Gasteiger partial charge < -0.3 is 9.38 Å². The molecule has 0 aromatic rings. The number of quaternary nitrogens is 2. The standard InChI is InChI=1S/C24H49N2/c1-4-5-6-7-8-9-10-20-26(3)21-16-24(17-22-26)13-11-12-23-14-18-25(2)19-15-23/h23-24H,4-22H2,1-3H3/q+1/p+1. The van der Waals surface area contributed by atoms with Gasteiger partial charge in [-0.1, -0.05) is 58.3 Å². The predicted molar refractivity (Wildman–Crippen MR) is 115 cm³/mol. The third-order valence-electron chi connectivity index (χ3n) is 7.64. The molecule has 0 radical (unpaired) electrons. The molecular formula is C24H50N2+2. The first-order valence-electron chi connectivity index (χ1n) is 12.3. The monoisotopic (exact) mass is 366 g/mol. The zero-order valence-electron chi connectivity index (χ0n) is 18.5. The molecule has 0 spiro atoms. The Morgan fingerprint density at radius 1 is 0.731 bits per heavy atom. The van der Waals surface area contributed by atoms with Crippen LogP contribution >= 0.6 is 0 Å². The Hall–Kier alpha value is -0.0800. The third kappa shape index (κ3) is 8.74. The summed E-state index contributed by atoms with van der Waals surface area (Å²) in [6, 6.07) is 0. The van der Waals surface area contributed by atoms with E-state index in [4.69, 9.17) is 0 Å². The maximum atomic E-state index is 2.54. The lowest BCUT2D eigenvalue weighted by Crippen LogP contribution is -3.10. The van der Waals surface area contributed by atoms with Crippen LogP contribution < -0.4 is 4.90 Å². The van der Waals surface area contributed by atoms with E-state index in [0.717, 1.165) is 11.8 Å². The summed E-state index contributed by atoms with van der Waals surface area (Å²) in [6.07, 6.45) is 20.7. The highest BCUT2D eigenvalue weighted by Gasteiger charge is 2.29. The molecule has 2 fully saturated rings. The molecule has 2 heteroatoms. The van der Waals surface area contributed by atoms with Crippen LogP contribution in [0.15, 0.2) is 0 Å². The maximum absolute atomic E-state index is 2.54. The molecule has 0 atom stereocenters. The molecule has 0 bridgehead atoms. The maximum Gasteiger partial charge on any atom is 0.0787 e. The molecule has 2 saturated heterocycles. The van der Waals surface area contributed by atoms with E-state index in [9.17, 15) is 0 Å². The summed E-state index contributed by atoms with van der Waals surface area (Å²) in [4.78, 5) is 1.76. The zero-order chi connectivity index (χ0) is 18.7. The van der Waals surface area contributed by atoms with Gasteiger partial charge in [0.2, 0.25) is 0 Å². The van der Waals surface area contributed by atoms with Crippen LogP contribution in [-0.4, -0.2) is 51.3 Å². The van der Waals surface area contributed by atoms with E-state index in [-0.39, 0.29) is 0 Å². The van der Waals surface area contributed by atoms with Crippen molar-refractivity contribution in [3.63, 3.8) is 0 Å². The van der Waals surface area contributed by atoms with E-state index in [0.29, 0.717) is 0 Å². The molecule has 26 heavy (non-hydrogen) atoms. The number of nitrogens with zero attached hydrogens (tertiary/aromatic N) is 1. The summed E-state index contributed by atoms with van der Waals surface area (Å²) in [5.74, 6) is 2.10. The fourth-order valence-corrected chi connectivity index (χ4v) is 5.36. The number of nitrogens with one attached hydrogen (secondary N) is 1. The lowest BCUT2D eigenvalue weighted by atomic mass is 9.86. The van der Waals surface area contributed by atoms with Crippen LogP contribution in [0, 0.1) is 11.8 Å². The summed E-state index contributed by atoms with van der Waals surface area (Å²) in [5, 5.41) is 0. The van der Waals surface area contributed by atoms with Crippen molar-refractivity contribution in [1.29, 1.82) is 0 Å². The first-order chi connectivity index (χ1) is 12.6. The minimum atomic E-state index is 1.05. The molecule has 2 nitrogen and oxygen atoms in total. The number of hydrogen-bond donors (Lipinski definition) is 1. The molecule has 0 unspecified atom stereocenters. The smallest absolute Gasteiger partial charge is 0.0787 e. The van der Waals surface area contributed by atoms with E-state index in [1.807, 2.05) is 0 Å². The normalized spacial score (nSPS) is 32.7. The fourth-order valence-electron chi connectivity index (χ4n) is 5.36. The van der Waals surface area contributed by atoms with E-state index >= 15 is 0 Å². The molecule has 0 amide bonds. The van der Waals surface area contributed by atoms with Crippen molar-refractivity contribution >= 4 is 0 Å². The minimum absolute atomic E-state index is 1.05. The SMILES string of the molecule is CCCCCCCCC[N+]1(C)CCC(CCCC2CC[NH+](C)CC2)CC1. The Morgan fingerprint density at radius 2 is 1.27 bits per heavy atom. The molecule has 2 aliphatic heterocycles. The van der Waals surface area contributed by atoms with Crippen LogP contribution in [-0.2, 0) is 0 Å². The number of piperidine rings is 2. The van der Waals surface area contributed by atoms with Crippen molar-refractivity contribution in [3.05, 3.63) is 0 Å². The zero-order valence-corrected chi connectivity index (χ0v) is 18.5. The fraction of sp³-hybridized carbons (Fsp3) is 1.00. The highest BCUT2D eigenvalue weighted by atomic mass is 15.3. The lowest BCUT2D eigenvalue weighted by molar-refractivity contribution is -0.915. The lowest BCUT2D eigenvalue weighted by Gasteiger charge is -2.41. The van der Waals surface area contributed by atoms with Gasteiger partial charge in [0.05, 0.1) is 46.8 Å². The van der Waals surface area contributed by atoms with E-state index < -0.39 is 0 Å². The van der Waals surface area contributed by atoms with Crippen LogP contribution in [0.25, 0.3) is 0 Å². The predicted octanol–water partition coefficient (Wildman–Crippen LogP) is 4.69. The third-order valence-corrected chi connectivity index (χ3v) is 7.64. The van der Waals surface area contributed by atoms with Gasteiger partial charge in [-0.05, 0) is 50.4 Å². The summed E-state index contributed by atoms with van der Waals surface area (Å²) in [6.45, 7) is 9.50. The van der Waals surface area contributed by atoms with Gasteiger partial charge in [0.1, 0.15) is 0 Å². The van der Waals surface area contributed by atoms with Crippen molar-refractivity contribution in [2.24, 2.45) is 11.8 Å². The van der Waals surface area contributed by atoms with Crippen molar-refractivity contribution in [3.8, 4) is 0 Å². The van der Waals surface area contributed by atoms with Gasteiger partial charge >= 0.3 is 0 Å².